The van der Waals surface area contributed by atoms with Crippen LogP contribution in [0.3, 0.4) is 0 Å². The number of aliphatic imine (C=N–C) groups is 1. The van der Waals surface area contributed by atoms with Crippen LogP contribution in [-0.2, 0) is 9.47 Å². The van der Waals surface area contributed by atoms with E-state index in [0.29, 0.717) is 6.10 Å². The van der Waals surface area contributed by atoms with Gasteiger partial charge in [0.2, 0.25) is 0 Å². The molecule has 0 amide bonds. The number of hydrogen-bond donors (Lipinski definition) is 2. The van der Waals surface area contributed by atoms with E-state index in [-0.39, 0.29) is 41.4 Å². The van der Waals surface area contributed by atoms with Gasteiger partial charge in [-0.15, -0.1) is 24.0 Å². The van der Waals surface area contributed by atoms with Crippen molar-refractivity contribution < 1.29 is 9.47 Å². The van der Waals surface area contributed by atoms with Crippen molar-refractivity contribution >= 4 is 29.9 Å². The van der Waals surface area contributed by atoms with Crippen LogP contribution in [-0.4, -0.2) is 37.9 Å². The summed E-state index contributed by atoms with van der Waals surface area (Å²) in [4.78, 5) is 4.33. The van der Waals surface area contributed by atoms with Gasteiger partial charge in [-0.3, -0.25) is 0 Å². The minimum atomic E-state index is 0. The monoisotopic (exact) mass is 355 g/mol. The van der Waals surface area contributed by atoms with E-state index in [1.54, 1.807) is 0 Å². The smallest absolute Gasteiger partial charge is 0.186 e. The summed E-state index contributed by atoms with van der Waals surface area (Å²) in [6.07, 6.45) is 3.23. The lowest BCUT2D eigenvalue weighted by molar-refractivity contribution is -0.163. The molecule has 0 aromatic rings. The molecule has 2 rings (SSSR count). The molecule has 1 saturated heterocycles. The number of hydrogen-bond acceptors (Lipinski definition) is 3. The molecule has 17 heavy (non-hydrogen) atoms. The zero-order valence-electron chi connectivity index (χ0n) is 10.2. The first-order valence-corrected chi connectivity index (χ1v) is 5.97. The summed E-state index contributed by atoms with van der Waals surface area (Å²) in [5.41, 5.74) is 11.1. The van der Waals surface area contributed by atoms with Crippen LogP contribution < -0.4 is 11.5 Å². The number of nitrogens with two attached hydrogens (primary N) is 2. The molecule has 100 valence electrons. The maximum absolute atomic E-state index is 5.78. The van der Waals surface area contributed by atoms with Gasteiger partial charge in [0.15, 0.2) is 5.96 Å². The van der Waals surface area contributed by atoms with Crippen LogP contribution in [0.15, 0.2) is 4.99 Å². The summed E-state index contributed by atoms with van der Waals surface area (Å²) in [7, 11) is 0. The molecular weight excluding hydrogens is 333 g/mol. The van der Waals surface area contributed by atoms with Crippen molar-refractivity contribution in [2.45, 2.75) is 38.3 Å². The van der Waals surface area contributed by atoms with E-state index in [2.05, 4.69) is 4.99 Å². The van der Waals surface area contributed by atoms with Crippen molar-refractivity contribution in [1.82, 2.24) is 0 Å². The molecule has 5 nitrogen and oxygen atoms in total. The molecule has 6 heteroatoms. The first-order chi connectivity index (χ1) is 7.69. The normalized spacial score (nSPS) is 30.2. The molecule has 2 fully saturated rings. The maximum Gasteiger partial charge on any atom is 0.186 e. The third-order valence-corrected chi connectivity index (χ3v) is 3.84. The SMILES string of the molecule is CCOC1CC(N=C(N)N)C12CCOCC2.I. The van der Waals surface area contributed by atoms with E-state index < -0.39 is 0 Å². The number of halogens is 1. The second kappa shape index (κ2) is 6.19. The molecule has 2 unspecified atom stereocenters. The van der Waals surface area contributed by atoms with Crippen molar-refractivity contribution in [3.05, 3.63) is 0 Å². The van der Waals surface area contributed by atoms with Crippen LogP contribution in [0, 0.1) is 5.41 Å². The molecule has 0 aromatic heterocycles. The van der Waals surface area contributed by atoms with Gasteiger partial charge < -0.3 is 20.9 Å². The first kappa shape index (κ1) is 15.0. The molecule has 2 atom stereocenters. The van der Waals surface area contributed by atoms with Crippen molar-refractivity contribution in [3.63, 3.8) is 0 Å². The van der Waals surface area contributed by atoms with Gasteiger partial charge in [0.25, 0.3) is 0 Å². The highest BCUT2D eigenvalue weighted by molar-refractivity contribution is 14.0. The summed E-state index contributed by atoms with van der Waals surface area (Å²) in [5.74, 6) is 0.186. The fourth-order valence-electron chi connectivity index (χ4n) is 2.93. The summed E-state index contributed by atoms with van der Waals surface area (Å²) in [5, 5.41) is 0. The highest BCUT2D eigenvalue weighted by Crippen LogP contribution is 2.52. The quantitative estimate of drug-likeness (QED) is 0.447. The minimum absolute atomic E-state index is 0. The molecule has 1 aliphatic heterocycles. The number of ether oxygens (including phenoxy) is 2. The Morgan fingerprint density at radius 3 is 2.59 bits per heavy atom. The van der Waals surface area contributed by atoms with E-state index >= 15 is 0 Å². The van der Waals surface area contributed by atoms with Gasteiger partial charge >= 0.3 is 0 Å². The minimum Gasteiger partial charge on any atom is -0.381 e. The highest BCUT2D eigenvalue weighted by Gasteiger charge is 2.56. The van der Waals surface area contributed by atoms with E-state index in [9.17, 15) is 0 Å². The van der Waals surface area contributed by atoms with E-state index in [1.807, 2.05) is 6.92 Å². The second-order valence-corrected chi connectivity index (χ2v) is 4.59. The van der Waals surface area contributed by atoms with Crippen LogP contribution in [0.4, 0.5) is 0 Å². The zero-order valence-corrected chi connectivity index (χ0v) is 12.6. The second-order valence-electron chi connectivity index (χ2n) is 4.59. The van der Waals surface area contributed by atoms with Crippen LogP contribution in [0.25, 0.3) is 0 Å². The summed E-state index contributed by atoms with van der Waals surface area (Å²) in [6.45, 7) is 4.36. The van der Waals surface area contributed by atoms with Gasteiger partial charge in [0.1, 0.15) is 0 Å². The number of guanidine groups is 1. The van der Waals surface area contributed by atoms with Crippen LogP contribution >= 0.6 is 24.0 Å². The fourth-order valence-corrected chi connectivity index (χ4v) is 2.93. The van der Waals surface area contributed by atoms with Crippen LogP contribution in [0.5, 0.6) is 0 Å². The van der Waals surface area contributed by atoms with Crippen molar-refractivity contribution in [2.75, 3.05) is 19.8 Å². The van der Waals surface area contributed by atoms with E-state index in [1.165, 1.54) is 0 Å². The molecule has 2 aliphatic rings. The summed E-state index contributed by atoms with van der Waals surface area (Å²) in [6, 6.07) is 0.220. The lowest BCUT2D eigenvalue weighted by Crippen LogP contribution is -2.60. The Morgan fingerprint density at radius 2 is 2.06 bits per heavy atom. The number of nitrogens with zero attached hydrogens (tertiary/aromatic N) is 1. The van der Waals surface area contributed by atoms with Crippen molar-refractivity contribution in [2.24, 2.45) is 21.9 Å². The highest BCUT2D eigenvalue weighted by atomic mass is 127. The average molecular weight is 355 g/mol. The van der Waals surface area contributed by atoms with Crippen molar-refractivity contribution in [3.8, 4) is 0 Å². The van der Waals surface area contributed by atoms with E-state index in [4.69, 9.17) is 20.9 Å². The Morgan fingerprint density at radius 1 is 1.41 bits per heavy atom. The summed E-state index contributed by atoms with van der Waals surface area (Å²) < 4.78 is 11.2. The molecule has 0 bridgehead atoms. The van der Waals surface area contributed by atoms with Crippen LogP contribution in [0.2, 0.25) is 0 Å². The van der Waals surface area contributed by atoms with Crippen molar-refractivity contribution in [1.29, 1.82) is 0 Å². The standard InChI is InChI=1S/C11H21N3O2.HI/c1-2-16-9-7-8(14-10(12)13)11(9)3-5-15-6-4-11;/h8-9H,2-7H2,1H3,(H4,12,13,14);1H. The molecule has 0 radical (unpaired) electrons. The summed E-state index contributed by atoms with van der Waals surface area (Å²) >= 11 is 0. The maximum atomic E-state index is 5.78. The lowest BCUT2D eigenvalue weighted by atomic mass is 9.58. The average Bonchev–Trinajstić information content (AvgIpc) is 2.28. The Kier molecular flexibility index (Phi) is 5.46. The van der Waals surface area contributed by atoms with Gasteiger partial charge in [-0.25, -0.2) is 4.99 Å². The third kappa shape index (κ3) is 2.85. The van der Waals surface area contributed by atoms with Gasteiger partial charge in [-0.1, -0.05) is 0 Å². The molecule has 0 aromatic carbocycles. The largest absolute Gasteiger partial charge is 0.381 e. The Balaban J connectivity index is 0.00000144. The van der Waals surface area contributed by atoms with Gasteiger partial charge in [-0.05, 0) is 26.2 Å². The zero-order chi connectivity index (χ0) is 11.6. The van der Waals surface area contributed by atoms with Crippen LogP contribution in [0.1, 0.15) is 26.2 Å². The molecular formula is C11H22IN3O2. The third-order valence-electron chi connectivity index (χ3n) is 3.84. The molecule has 1 aliphatic carbocycles. The lowest BCUT2D eigenvalue weighted by Gasteiger charge is -2.55. The Bertz CT molecular complexity index is 276. The molecule has 1 saturated carbocycles. The van der Waals surface area contributed by atoms with E-state index in [0.717, 1.165) is 39.1 Å². The number of rotatable bonds is 3. The predicted octanol–water partition coefficient (Wildman–Crippen LogP) is 0.852. The predicted molar refractivity (Wildman–Crippen MR) is 77.5 cm³/mol. The Labute approximate surface area is 119 Å². The van der Waals surface area contributed by atoms with Gasteiger partial charge in [-0.2, -0.15) is 0 Å². The molecule has 4 N–H and O–H groups in total. The Hall–Kier alpha value is -0.0800. The topological polar surface area (TPSA) is 82.9 Å². The molecule has 1 spiro atoms. The fraction of sp³-hybridized carbons (Fsp3) is 0.909. The van der Waals surface area contributed by atoms with Gasteiger partial charge in [0.05, 0.1) is 12.1 Å². The molecule has 1 heterocycles. The van der Waals surface area contributed by atoms with Gasteiger partial charge in [0, 0.05) is 25.2 Å². The first-order valence-electron chi connectivity index (χ1n) is 5.97.